The largest absolute Gasteiger partial charge is 0.455 e. The number of fused-ring (bicyclic) bond motifs is 3. The minimum absolute atomic E-state index is 0.00901. The fraction of sp³-hybridized carbons (Fsp3) is 0.227. The first-order valence-corrected chi connectivity index (χ1v) is 9.69. The molecule has 0 bridgehead atoms. The number of rotatable bonds is 2. The Labute approximate surface area is 177 Å². The van der Waals surface area contributed by atoms with Gasteiger partial charge in [0.15, 0.2) is 5.69 Å². The Morgan fingerprint density at radius 2 is 1.87 bits per heavy atom. The Morgan fingerprint density at radius 3 is 2.57 bits per heavy atom. The minimum atomic E-state index is -0.698. The molecule has 0 unspecified atom stereocenters. The van der Waals surface area contributed by atoms with Crippen LogP contribution in [0.4, 0.5) is 10.1 Å². The lowest BCUT2D eigenvalue weighted by Gasteiger charge is -2.31. The Bertz CT molecular complexity index is 1170. The standard InChI is InChI=1S/C22H19ClFN3O3/c1-22(2,3)30-21(29)19-18-11-26(20(28)14-6-4-5-7-15(14)23)17-10-13(24)8-9-16(17)27(18)12-25-19/h4-10,12H,11H2,1-3H3. The van der Waals surface area contributed by atoms with Crippen molar-refractivity contribution in [2.45, 2.75) is 32.9 Å². The van der Waals surface area contributed by atoms with Gasteiger partial charge in [-0.25, -0.2) is 14.2 Å². The Balaban J connectivity index is 1.83. The Kier molecular flexibility index (Phi) is 4.86. The zero-order valence-electron chi connectivity index (χ0n) is 16.6. The van der Waals surface area contributed by atoms with E-state index in [4.69, 9.17) is 16.3 Å². The number of halogens is 2. The van der Waals surface area contributed by atoms with Gasteiger partial charge in [-0.05, 0) is 51.1 Å². The van der Waals surface area contributed by atoms with Crippen molar-refractivity contribution in [3.8, 4) is 5.69 Å². The summed E-state index contributed by atoms with van der Waals surface area (Å²) in [5.41, 5.74) is 1.05. The predicted octanol–water partition coefficient (Wildman–Crippen LogP) is 4.78. The molecule has 8 heteroatoms. The lowest BCUT2D eigenvalue weighted by Crippen LogP contribution is -2.36. The molecule has 1 aliphatic heterocycles. The number of nitrogens with zero attached hydrogens (tertiary/aromatic N) is 3. The summed E-state index contributed by atoms with van der Waals surface area (Å²) in [5.74, 6) is -1.48. The number of hydrogen-bond donors (Lipinski definition) is 0. The van der Waals surface area contributed by atoms with Gasteiger partial charge < -0.3 is 9.64 Å². The second kappa shape index (κ2) is 7.25. The van der Waals surface area contributed by atoms with Crippen molar-refractivity contribution >= 4 is 29.2 Å². The third kappa shape index (κ3) is 3.57. The summed E-state index contributed by atoms with van der Waals surface area (Å²) in [5, 5.41) is 0.284. The minimum Gasteiger partial charge on any atom is -0.455 e. The van der Waals surface area contributed by atoms with Crippen molar-refractivity contribution in [2.75, 3.05) is 4.90 Å². The van der Waals surface area contributed by atoms with Crippen LogP contribution in [0.3, 0.4) is 0 Å². The van der Waals surface area contributed by atoms with Crippen molar-refractivity contribution in [3.63, 3.8) is 0 Å². The summed E-state index contributed by atoms with van der Waals surface area (Å²) in [7, 11) is 0. The number of amides is 1. The summed E-state index contributed by atoms with van der Waals surface area (Å²) in [6, 6.07) is 10.7. The molecule has 3 aromatic rings. The number of esters is 1. The molecule has 30 heavy (non-hydrogen) atoms. The van der Waals surface area contributed by atoms with Gasteiger partial charge in [-0.2, -0.15) is 0 Å². The molecular formula is C22H19ClFN3O3. The van der Waals surface area contributed by atoms with Gasteiger partial charge in [0.25, 0.3) is 5.91 Å². The summed E-state index contributed by atoms with van der Waals surface area (Å²) in [6.07, 6.45) is 1.47. The number of carbonyl (C=O) groups is 2. The van der Waals surface area contributed by atoms with Crippen LogP contribution in [0, 0.1) is 5.82 Å². The van der Waals surface area contributed by atoms with Crippen LogP contribution < -0.4 is 4.90 Å². The van der Waals surface area contributed by atoms with E-state index in [1.165, 1.54) is 23.4 Å². The van der Waals surface area contributed by atoms with Crippen LogP contribution in [0.15, 0.2) is 48.8 Å². The number of carbonyl (C=O) groups excluding carboxylic acids is 2. The van der Waals surface area contributed by atoms with E-state index < -0.39 is 23.3 Å². The van der Waals surface area contributed by atoms with Gasteiger partial charge in [0.2, 0.25) is 0 Å². The average molecular weight is 428 g/mol. The van der Waals surface area contributed by atoms with Crippen molar-refractivity contribution in [1.82, 2.24) is 9.55 Å². The van der Waals surface area contributed by atoms with E-state index in [1.807, 2.05) is 0 Å². The number of aromatic nitrogens is 2. The molecule has 154 valence electrons. The highest BCUT2D eigenvalue weighted by atomic mass is 35.5. The maximum atomic E-state index is 14.0. The lowest BCUT2D eigenvalue weighted by atomic mass is 10.1. The van der Waals surface area contributed by atoms with E-state index in [0.717, 1.165) is 0 Å². The monoisotopic (exact) mass is 427 g/mol. The first-order valence-electron chi connectivity index (χ1n) is 9.31. The highest BCUT2D eigenvalue weighted by Gasteiger charge is 2.33. The first kappa shape index (κ1) is 20.1. The molecule has 1 aliphatic rings. The molecule has 1 amide bonds. The van der Waals surface area contributed by atoms with Crippen molar-refractivity contribution < 1.29 is 18.7 Å². The van der Waals surface area contributed by atoms with Gasteiger partial charge in [-0.15, -0.1) is 0 Å². The summed E-state index contributed by atoms with van der Waals surface area (Å²) >= 11 is 6.22. The number of benzene rings is 2. The topological polar surface area (TPSA) is 64.4 Å². The third-order valence-electron chi connectivity index (χ3n) is 4.60. The van der Waals surface area contributed by atoms with Gasteiger partial charge >= 0.3 is 5.97 Å². The van der Waals surface area contributed by atoms with Crippen LogP contribution in [0.25, 0.3) is 5.69 Å². The van der Waals surface area contributed by atoms with E-state index >= 15 is 0 Å². The molecular weight excluding hydrogens is 409 g/mol. The van der Waals surface area contributed by atoms with Gasteiger partial charge in [0.1, 0.15) is 17.7 Å². The Morgan fingerprint density at radius 1 is 1.13 bits per heavy atom. The summed E-state index contributed by atoms with van der Waals surface area (Å²) in [4.78, 5) is 31.6. The van der Waals surface area contributed by atoms with Crippen LogP contribution in [0.5, 0.6) is 0 Å². The van der Waals surface area contributed by atoms with Crippen molar-refractivity contribution in [2.24, 2.45) is 0 Å². The first-order chi connectivity index (χ1) is 14.2. The SMILES string of the molecule is CC(C)(C)OC(=O)c1ncn2c1CN(C(=O)c1ccccc1Cl)c1cc(F)ccc1-2. The second-order valence-corrected chi connectivity index (χ2v) is 8.32. The fourth-order valence-electron chi connectivity index (χ4n) is 3.34. The Hall–Kier alpha value is -3.19. The number of hydrogen-bond acceptors (Lipinski definition) is 4. The zero-order valence-corrected chi connectivity index (χ0v) is 17.4. The quantitative estimate of drug-likeness (QED) is 0.552. The van der Waals surface area contributed by atoms with Crippen LogP contribution in [0.1, 0.15) is 47.3 Å². The number of anilines is 1. The molecule has 0 aliphatic carbocycles. The second-order valence-electron chi connectivity index (χ2n) is 7.92. The third-order valence-corrected chi connectivity index (χ3v) is 4.93. The van der Waals surface area contributed by atoms with Crippen molar-refractivity contribution in [1.29, 1.82) is 0 Å². The highest BCUT2D eigenvalue weighted by molar-refractivity contribution is 6.34. The molecule has 0 fully saturated rings. The molecule has 4 rings (SSSR count). The van der Waals surface area contributed by atoms with E-state index in [2.05, 4.69) is 4.98 Å². The van der Waals surface area contributed by atoms with E-state index in [1.54, 1.807) is 55.7 Å². The maximum absolute atomic E-state index is 14.0. The van der Waals surface area contributed by atoms with Gasteiger partial charge in [-0.3, -0.25) is 9.36 Å². The van der Waals surface area contributed by atoms with E-state index in [-0.39, 0.29) is 22.8 Å². The zero-order chi connectivity index (χ0) is 21.6. The van der Waals surface area contributed by atoms with Crippen LogP contribution in [0.2, 0.25) is 5.02 Å². The van der Waals surface area contributed by atoms with E-state index in [9.17, 15) is 14.0 Å². The molecule has 0 N–H and O–H groups in total. The fourth-order valence-corrected chi connectivity index (χ4v) is 3.56. The van der Waals surface area contributed by atoms with Crippen LogP contribution in [-0.4, -0.2) is 27.0 Å². The van der Waals surface area contributed by atoms with E-state index in [0.29, 0.717) is 17.1 Å². The predicted molar refractivity (Wildman–Crippen MR) is 111 cm³/mol. The molecule has 0 spiro atoms. The van der Waals surface area contributed by atoms with Gasteiger partial charge in [0, 0.05) is 0 Å². The molecule has 0 saturated heterocycles. The smallest absolute Gasteiger partial charge is 0.359 e. The number of imidazole rings is 1. The molecule has 0 saturated carbocycles. The summed E-state index contributed by atoms with van der Waals surface area (Å²) in [6.45, 7) is 5.30. The molecule has 1 aromatic heterocycles. The highest BCUT2D eigenvalue weighted by Crippen LogP contribution is 2.36. The molecule has 0 radical (unpaired) electrons. The molecule has 0 atom stereocenters. The average Bonchev–Trinajstić information content (AvgIpc) is 3.10. The van der Waals surface area contributed by atoms with Crippen molar-refractivity contribution in [3.05, 3.63) is 76.6 Å². The van der Waals surface area contributed by atoms with Crippen LogP contribution >= 0.6 is 11.6 Å². The molecule has 2 heterocycles. The van der Waals surface area contributed by atoms with Gasteiger partial charge in [-0.1, -0.05) is 23.7 Å². The molecule has 2 aromatic carbocycles. The molecule has 6 nitrogen and oxygen atoms in total. The lowest BCUT2D eigenvalue weighted by molar-refractivity contribution is 0.00617. The van der Waals surface area contributed by atoms with Gasteiger partial charge in [0.05, 0.1) is 34.2 Å². The summed E-state index contributed by atoms with van der Waals surface area (Å²) < 4.78 is 21.2. The maximum Gasteiger partial charge on any atom is 0.359 e. The normalized spacial score (nSPS) is 12.9. The number of ether oxygens (including phenoxy) is 1. The van der Waals surface area contributed by atoms with Crippen LogP contribution in [-0.2, 0) is 11.3 Å².